The van der Waals surface area contributed by atoms with Crippen LogP contribution in [0.4, 0.5) is 0 Å². The van der Waals surface area contributed by atoms with E-state index in [0.29, 0.717) is 13.2 Å². The van der Waals surface area contributed by atoms with Gasteiger partial charge in [-0.1, -0.05) is 0 Å². The van der Waals surface area contributed by atoms with Gasteiger partial charge in [0.1, 0.15) is 0 Å². The van der Waals surface area contributed by atoms with Crippen LogP contribution in [0.25, 0.3) is 0 Å². The summed E-state index contributed by atoms with van der Waals surface area (Å²) in [5.41, 5.74) is 0. The minimum atomic E-state index is -3.41. The highest BCUT2D eigenvalue weighted by molar-refractivity contribution is 7.89. The largest absolute Gasteiger partial charge is 0.377 e. The molecule has 0 atom stereocenters. The molecule has 1 saturated heterocycles. The first-order valence-corrected chi connectivity index (χ1v) is 8.00. The zero-order valence-corrected chi connectivity index (χ0v) is 11.9. The Morgan fingerprint density at radius 2 is 2.21 bits per heavy atom. The van der Waals surface area contributed by atoms with Crippen LogP contribution in [0.15, 0.2) is 23.4 Å². The van der Waals surface area contributed by atoms with E-state index in [2.05, 4.69) is 10.0 Å². The van der Waals surface area contributed by atoms with Crippen molar-refractivity contribution in [1.82, 2.24) is 14.6 Å². The molecule has 19 heavy (non-hydrogen) atoms. The van der Waals surface area contributed by atoms with E-state index in [1.807, 2.05) is 0 Å². The van der Waals surface area contributed by atoms with Crippen molar-refractivity contribution in [3.63, 3.8) is 0 Å². The number of nitrogens with zero attached hydrogens (tertiary/aromatic N) is 1. The van der Waals surface area contributed by atoms with Gasteiger partial charge in [-0.3, -0.25) is 0 Å². The lowest BCUT2D eigenvalue weighted by atomic mass is 10.1. The van der Waals surface area contributed by atoms with Gasteiger partial charge < -0.3 is 14.6 Å². The Morgan fingerprint density at radius 3 is 2.84 bits per heavy atom. The molecular weight excluding hydrogens is 266 g/mol. The van der Waals surface area contributed by atoms with Gasteiger partial charge in [-0.05, 0) is 32.0 Å². The average molecular weight is 287 g/mol. The number of aromatic nitrogens is 1. The topological polar surface area (TPSA) is 72.4 Å². The standard InChI is InChI=1S/C12H21N3O3S/c1-15-8-4-12(10-15)19(16,17)14-7-9-18-11-2-5-13-6-3-11/h4,8,10-11,13-14H,2-3,5-7,9H2,1H3. The minimum Gasteiger partial charge on any atom is -0.377 e. The molecule has 0 saturated carbocycles. The van der Waals surface area contributed by atoms with Crippen LogP contribution in [0.1, 0.15) is 12.8 Å². The number of sulfonamides is 1. The molecular formula is C12H21N3O3S. The van der Waals surface area contributed by atoms with Gasteiger partial charge in [-0.25, -0.2) is 13.1 Å². The van der Waals surface area contributed by atoms with Gasteiger partial charge in [0.05, 0.1) is 17.6 Å². The maximum Gasteiger partial charge on any atom is 0.242 e. The number of nitrogens with one attached hydrogen (secondary N) is 2. The maximum atomic E-state index is 11.9. The molecule has 6 nitrogen and oxygen atoms in total. The summed E-state index contributed by atoms with van der Waals surface area (Å²) in [6.45, 7) is 2.67. The molecule has 2 rings (SSSR count). The van der Waals surface area contributed by atoms with Gasteiger partial charge in [-0.2, -0.15) is 0 Å². The first kappa shape index (κ1) is 14.5. The molecule has 2 N–H and O–H groups in total. The highest BCUT2D eigenvalue weighted by atomic mass is 32.2. The molecule has 7 heteroatoms. The molecule has 0 spiro atoms. The molecule has 0 bridgehead atoms. The number of aryl methyl sites for hydroxylation is 1. The van der Waals surface area contributed by atoms with E-state index in [4.69, 9.17) is 4.74 Å². The molecule has 0 radical (unpaired) electrons. The lowest BCUT2D eigenvalue weighted by Crippen LogP contribution is -2.34. The lowest BCUT2D eigenvalue weighted by Gasteiger charge is -2.22. The van der Waals surface area contributed by atoms with Crippen molar-refractivity contribution in [2.24, 2.45) is 7.05 Å². The minimum absolute atomic E-state index is 0.252. The van der Waals surface area contributed by atoms with Crippen LogP contribution in [-0.2, 0) is 21.8 Å². The third kappa shape index (κ3) is 4.31. The molecule has 0 aliphatic carbocycles. The fourth-order valence-corrected chi connectivity index (χ4v) is 3.15. The number of hydrogen-bond acceptors (Lipinski definition) is 4. The maximum absolute atomic E-state index is 11.9. The summed E-state index contributed by atoms with van der Waals surface area (Å²) in [5, 5.41) is 3.26. The van der Waals surface area contributed by atoms with Crippen molar-refractivity contribution >= 4 is 10.0 Å². The molecule has 108 valence electrons. The third-order valence-corrected chi connectivity index (χ3v) is 4.60. The number of hydrogen-bond donors (Lipinski definition) is 2. The van der Waals surface area contributed by atoms with Crippen LogP contribution in [0.2, 0.25) is 0 Å². The van der Waals surface area contributed by atoms with E-state index in [0.717, 1.165) is 25.9 Å². The second kappa shape index (κ2) is 6.51. The van der Waals surface area contributed by atoms with Crippen molar-refractivity contribution in [3.05, 3.63) is 18.5 Å². The van der Waals surface area contributed by atoms with Crippen molar-refractivity contribution in [2.75, 3.05) is 26.2 Å². The molecule has 0 amide bonds. The number of ether oxygens (including phenoxy) is 1. The molecule has 2 heterocycles. The average Bonchev–Trinajstić information content (AvgIpc) is 2.84. The van der Waals surface area contributed by atoms with E-state index in [1.165, 1.54) is 0 Å². The summed E-state index contributed by atoms with van der Waals surface area (Å²) in [7, 11) is -1.61. The van der Waals surface area contributed by atoms with Crippen molar-refractivity contribution in [2.45, 2.75) is 23.8 Å². The smallest absolute Gasteiger partial charge is 0.242 e. The van der Waals surface area contributed by atoms with Crippen LogP contribution < -0.4 is 10.0 Å². The van der Waals surface area contributed by atoms with E-state index >= 15 is 0 Å². The molecule has 1 aromatic heterocycles. The number of piperidine rings is 1. The van der Waals surface area contributed by atoms with Crippen LogP contribution in [0, 0.1) is 0 Å². The summed E-state index contributed by atoms with van der Waals surface area (Å²) in [4.78, 5) is 0.289. The zero-order valence-electron chi connectivity index (χ0n) is 11.1. The van der Waals surface area contributed by atoms with Crippen LogP contribution in [-0.4, -0.2) is 45.3 Å². The van der Waals surface area contributed by atoms with E-state index < -0.39 is 10.0 Å². The first-order chi connectivity index (χ1) is 9.08. The van der Waals surface area contributed by atoms with E-state index in [1.54, 1.807) is 30.1 Å². The van der Waals surface area contributed by atoms with Crippen LogP contribution in [0.3, 0.4) is 0 Å². The van der Waals surface area contributed by atoms with Crippen LogP contribution in [0.5, 0.6) is 0 Å². The molecule has 0 aromatic carbocycles. The third-order valence-electron chi connectivity index (χ3n) is 3.15. The van der Waals surface area contributed by atoms with Gasteiger partial charge in [0.15, 0.2) is 0 Å². The number of rotatable bonds is 6. The molecule has 0 unspecified atom stereocenters. The quantitative estimate of drug-likeness (QED) is 0.726. The van der Waals surface area contributed by atoms with Crippen molar-refractivity contribution < 1.29 is 13.2 Å². The SMILES string of the molecule is Cn1ccc(S(=O)(=O)NCCOC2CCNCC2)c1. The Labute approximate surface area is 114 Å². The summed E-state index contributed by atoms with van der Waals surface area (Å²) in [6.07, 6.45) is 5.52. The van der Waals surface area contributed by atoms with Crippen LogP contribution >= 0.6 is 0 Å². The predicted octanol–water partition coefficient (Wildman–Crippen LogP) is 0.0720. The Bertz CT molecular complexity index is 492. The second-order valence-electron chi connectivity index (χ2n) is 4.73. The molecule has 1 aliphatic rings. The molecule has 1 fully saturated rings. The zero-order chi connectivity index (χ0) is 13.7. The van der Waals surface area contributed by atoms with Gasteiger partial charge in [0, 0.05) is 26.0 Å². The Morgan fingerprint density at radius 1 is 1.47 bits per heavy atom. The van der Waals surface area contributed by atoms with E-state index in [9.17, 15) is 8.42 Å². The van der Waals surface area contributed by atoms with Gasteiger partial charge >= 0.3 is 0 Å². The van der Waals surface area contributed by atoms with Crippen molar-refractivity contribution in [3.8, 4) is 0 Å². The van der Waals surface area contributed by atoms with E-state index in [-0.39, 0.29) is 11.0 Å². The normalized spacial score (nSPS) is 17.7. The van der Waals surface area contributed by atoms with Gasteiger partial charge in [0.25, 0.3) is 0 Å². The monoisotopic (exact) mass is 287 g/mol. The summed E-state index contributed by atoms with van der Waals surface area (Å²) < 4.78 is 33.7. The summed E-state index contributed by atoms with van der Waals surface area (Å²) >= 11 is 0. The fraction of sp³-hybridized carbons (Fsp3) is 0.667. The highest BCUT2D eigenvalue weighted by Gasteiger charge is 2.16. The van der Waals surface area contributed by atoms with Crippen molar-refractivity contribution in [1.29, 1.82) is 0 Å². The van der Waals surface area contributed by atoms with Gasteiger partial charge in [0.2, 0.25) is 10.0 Å². The molecule has 1 aliphatic heterocycles. The predicted molar refractivity (Wildman–Crippen MR) is 72.4 cm³/mol. The summed E-state index contributed by atoms with van der Waals surface area (Å²) in [6, 6.07) is 1.58. The second-order valence-corrected chi connectivity index (χ2v) is 6.50. The fourth-order valence-electron chi connectivity index (χ4n) is 2.08. The Balaban J connectivity index is 1.72. The Hall–Kier alpha value is -0.890. The summed E-state index contributed by atoms with van der Waals surface area (Å²) in [5.74, 6) is 0. The highest BCUT2D eigenvalue weighted by Crippen LogP contribution is 2.09. The molecule has 1 aromatic rings. The Kier molecular flexibility index (Phi) is 4.98. The lowest BCUT2D eigenvalue weighted by molar-refractivity contribution is 0.0367. The first-order valence-electron chi connectivity index (χ1n) is 6.52. The van der Waals surface area contributed by atoms with Gasteiger partial charge in [-0.15, -0.1) is 0 Å².